The lowest BCUT2D eigenvalue weighted by Gasteiger charge is -2.31. The third kappa shape index (κ3) is 2.84. The summed E-state index contributed by atoms with van der Waals surface area (Å²) in [6, 6.07) is 0. The second-order valence-corrected chi connectivity index (χ2v) is 2.89. The fourth-order valence-corrected chi connectivity index (χ4v) is 0.884. The van der Waals surface area contributed by atoms with E-state index in [0.717, 1.165) is 7.11 Å². The molecule has 15 heavy (non-hydrogen) atoms. The van der Waals surface area contributed by atoms with Crippen LogP contribution in [0, 0.1) is 0 Å². The van der Waals surface area contributed by atoms with Crippen LogP contribution in [-0.2, 0) is 9.53 Å². The first-order valence-electron chi connectivity index (χ1n) is 3.97. The van der Waals surface area contributed by atoms with Crippen molar-refractivity contribution in [3.05, 3.63) is 0 Å². The number of carbonyl (C=O) groups is 1. The Morgan fingerprint density at radius 1 is 1.40 bits per heavy atom. The van der Waals surface area contributed by atoms with Crippen molar-refractivity contribution in [3.63, 3.8) is 0 Å². The van der Waals surface area contributed by atoms with E-state index in [0.29, 0.717) is 0 Å². The van der Waals surface area contributed by atoms with Crippen LogP contribution in [0.4, 0.5) is 0 Å². The van der Waals surface area contributed by atoms with Crippen LogP contribution in [0.2, 0.25) is 0 Å². The van der Waals surface area contributed by atoms with Crippen LogP contribution in [-0.4, -0.2) is 74.4 Å². The van der Waals surface area contributed by atoms with Gasteiger partial charge in [-0.3, -0.25) is 0 Å². The Hall–Kier alpha value is -0.770. The van der Waals surface area contributed by atoms with Gasteiger partial charge in [0, 0.05) is 7.11 Å². The lowest BCUT2D eigenvalue weighted by Crippen LogP contribution is -2.59. The van der Waals surface area contributed by atoms with Gasteiger partial charge >= 0.3 is 5.97 Å². The topological polar surface area (TPSA) is 148 Å². The van der Waals surface area contributed by atoms with Gasteiger partial charge in [0.1, 0.15) is 18.3 Å². The van der Waals surface area contributed by atoms with E-state index in [1.807, 2.05) is 0 Å². The molecule has 0 spiro atoms. The number of methoxy groups -OCH3 is 1. The van der Waals surface area contributed by atoms with Crippen LogP contribution in [0.3, 0.4) is 0 Å². The molecule has 0 aliphatic heterocycles. The summed E-state index contributed by atoms with van der Waals surface area (Å²) in [4.78, 5) is 10.5. The van der Waals surface area contributed by atoms with E-state index in [-0.39, 0.29) is 0 Å². The maximum Gasteiger partial charge on any atom is 0.367 e. The van der Waals surface area contributed by atoms with Crippen molar-refractivity contribution < 1.29 is 40.2 Å². The normalized spacial score (nSPS) is 21.5. The standard InChI is InChI=1S/C7H14O8/c1-15-7(14,6(12)13)5(11)4(10)3(9)2-8/h3-5,8-11,14H,2H2,1H3,(H,12,13)/t3-,4+,5-,7-/m1/s1. The monoisotopic (exact) mass is 226 g/mol. The molecule has 0 amide bonds. The molecule has 8 heteroatoms. The number of ether oxygens (including phenoxy) is 1. The zero-order valence-corrected chi connectivity index (χ0v) is 7.94. The third-order valence-electron chi connectivity index (χ3n) is 1.92. The number of aliphatic hydroxyl groups excluding tert-OH is 4. The van der Waals surface area contributed by atoms with E-state index < -0.39 is 36.7 Å². The molecule has 0 rings (SSSR count). The van der Waals surface area contributed by atoms with Crippen LogP contribution in [0.5, 0.6) is 0 Å². The van der Waals surface area contributed by atoms with E-state index in [4.69, 9.17) is 20.4 Å². The number of aliphatic carboxylic acids is 1. The zero-order chi connectivity index (χ0) is 12.2. The van der Waals surface area contributed by atoms with Crippen molar-refractivity contribution in [1.29, 1.82) is 0 Å². The van der Waals surface area contributed by atoms with Gasteiger partial charge in [0.05, 0.1) is 6.61 Å². The second kappa shape index (κ2) is 5.35. The SMILES string of the molecule is CO[C@@](O)(C(=O)O)[C@H](O)[C@@H](O)[C@H](O)CO. The Balaban J connectivity index is 4.79. The second-order valence-electron chi connectivity index (χ2n) is 2.89. The van der Waals surface area contributed by atoms with Crippen molar-refractivity contribution in [1.82, 2.24) is 0 Å². The summed E-state index contributed by atoms with van der Waals surface area (Å²) in [7, 11) is 0.801. The maximum absolute atomic E-state index is 10.5. The summed E-state index contributed by atoms with van der Waals surface area (Å²) in [5, 5.41) is 53.5. The number of hydrogen-bond acceptors (Lipinski definition) is 7. The molecule has 90 valence electrons. The molecular weight excluding hydrogens is 212 g/mol. The van der Waals surface area contributed by atoms with Crippen molar-refractivity contribution in [2.45, 2.75) is 24.1 Å². The summed E-state index contributed by atoms with van der Waals surface area (Å²) in [5.41, 5.74) is 0. The van der Waals surface area contributed by atoms with Crippen LogP contribution >= 0.6 is 0 Å². The van der Waals surface area contributed by atoms with E-state index in [1.165, 1.54) is 0 Å². The fraction of sp³-hybridized carbons (Fsp3) is 0.857. The molecule has 4 atom stereocenters. The summed E-state index contributed by atoms with van der Waals surface area (Å²) in [6.45, 7) is -0.905. The number of carboxylic acids is 1. The van der Waals surface area contributed by atoms with Gasteiger partial charge in [-0.05, 0) is 0 Å². The Morgan fingerprint density at radius 2 is 1.87 bits per heavy atom. The summed E-state index contributed by atoms with van der Waals surface area (Å²) >= 11 is 0. The molecule has 0 aliphatic rings. The molecule has 0 aromatic carbocycles. The van der Waals surface area contributed by atoms with E-state index in [9.17, 15) is 15.0 Å². The lowest BCUT2D eigenvalue weighted by molar-refractivity contribution is -0.269. The molecular formula is C7H14O8. The molecule has 6 N–H and O–H groups in total. The first-order valence-corrected chi connectivity index (χ1v) is 3.97. The zero-order valence-electron chi connectivity index (χ0n) is 7.94. The number of hydrogen-bond donors (Lipinski definition) is 6. The largest absolute Gasteiger partial charge is 0.477 e. The van der Waals surface area contributed by atoms with Crippen molar-refractivity contribution in [2.75, 3.05) is 13.7 Å². The highest BCUT2D eigenvalue weighted by Crippen LogP contribution is 2.17. The third-order valence-corrected chi connectivity index (χ3v) is 1.92. The minimum Gasteiger partial charge on any atom is -0.477 e. The number of rotatable bonds is 6. The highest BCUT2D eigenvalue weighted by Gasteiger charge is 2.49. The molecule has 0 bridgehead atoms. The number of aliphatic hydroxyl groups is 5. The van der Waals surface area contributed by atoms with E-state index >= 15 is 0 Å². The van der Waals surface area contributed by atoms with Crippen LogP contribution in [0.25, 0.3) is 0 Å². The highest BCUT2D eigenvalue weighted by molar-refractivity contribution is 5.76. The summed E-state index contributed by atoms with van der Waals surface area (Å²) in [6.07, 6.45) is -6.15. The van der Waals surface area contributed by atoms with Crippen LogP contribution in [0.15, 0.2) is 0 Å². The minimum atomic E-state index is -3.05. The van der Waals surface area contributed by atoms with Crippen molar-refractivity contribution >= 4 is 5.97 Å². The van der Waals surface area contributed by atoms with Gasteiger partial charge in [-0.2, -0.15) is 0 Å². The van der Waals surface area contributed by atoms with Crippen molar-refractivity contribution in [2.24, 2.45) is 0 Å². The fourth-order valence-electron chi connectivity index (χ4n) is 0.884. The molecule has 0 radical (unpaired) electrons. The van der Waals surface area contributed by atoms with Crippen molar-refractivity contribution in [3.8, 4) is 0 Å². The molecule has 0 saturated heterocycles. The molecule has 0 unspecified atom stereocenters. The average molecular weight is 226 g/mol. The molecule has 0 fully saturated rings. The smallest absolute Gasteiger partial charge is 0.367 e. The van der Waals surface area contributed by atoms with Gasteiger partial charge in [-0.25, -0.2) is 4.79 Å². The Kier molecular flexibility index (Phi) is 5.08. The first-order chi connectivity index (χ1) is 6.81. The van der Waals surface area contributed by atoms with E-state index in [2.05, 4.69) is 4.74 Å². The average Bonchev–Trinajstić information content (AvgIpc) is 2.24. The van der Waals surface area contributed by atoms with Gasteiger partial charge in [-0.1, -0.05) is 0 Å². The Morgan fingerprint density at radius 3 is 2.13 bits per heavy atom. The van der Waals surface area contributed by atoms with E-state index in [1.54, 1.807) is 0 Å². The lowest BCUT2D eigenvalue weighted by atomic mass is 10.0. The van der Waals surface area contributed by atoms with Gasteiger partial charge in [0.15, 0.2) is 0 Å². The van der Waals surface area contributed by atoms with Gasteiger partial charge < -0.3 is 35.4 Å². The Labute approximate surface area is 85.0 Å². The molecule has 0 heterocycles. The van der Waals surface area contributed by atoms with Gasteiger partial charge in [0.2, 0.25) is 0 Å². The predicted molar refractivity (Wildman–Crippen MR) is 44.7 cm³/mol. The van der Waals surface area contributed by atoms with Crippen LogP contribution < -0.4 is 0 Å². The predicted octanol–water partition coefficient (Wildman–Crippen LogP) is -3.52. The summed E-state index contributed by atoms with van der Waals surface area (Å²) in [5.74, 6) is -4.98. The van der Waals surface area contributed by atoms with Crippen LogP contribution in [0.1, 0.15) is 0 Å². The molecule has 0 saturated carbocycles. The minimum absolute atomic E-state index is 0.801. The molecule has 8 nitrogen and oxygen atoms in total. The quantitative estimate of drug-likeness (QED) is 0.255. The first kappa shape index (κ1) is 14.2. The molecule has 0 aromatic heterocycles. The highest BCUT2D eigenvalue weighted by atomic mass is 16.7. The Bertz CT molecular complexity index is 219. The van der Waals surface area contributed by atoms with Gasteiger partial charge in [-0.15, -0.1) is 0 Å². The molecule has 0 aromatic rings. The maximum atomic E-state index is 10.5. The number of carboxylic acid groups (broad SMARTS) is 1. The summed E-state index contributed by atoms with van der Waals surface area (Å²) < 4.78 is 4.13. The van der Waals surface area contributed by atoms with Gasteiger partial charge in [0.25, 0.3) is 5.79 Å². The molecule has 0 aliphatic carbocycles.